The summed E-state index contributed by atoms with van der Waals surface area (Å²) >= 11 is 1.19. The minimum atomic E-state index is -0.238. The Labute approximate surface area is 146 Å². The lowest BCUT2D eigenvalue weighted by Crippen LogP contribution is -2.10. The molecule has 128 valence electrons. The average Bonchev–Trinajstić information content (AvgIpc) is 3.34. The lowest BCUT2D eigenvalue weighted by molar-refractivity contribution is -0.112. The van der Waals surface area contributed by atoms with Crippen molar-refractivity contribution in [1.29, 1.82) is 0 Å². The van der Waals surface area contributed by atoms with Crippen molar-refractivity contribution in [3.63, 3.8) is 0 Å². The Balaban J connectivity index is 1.67. The summed E-state index contributed by atoms with van der Waals surface area (Å²) in [6.07, 6.45) is 1.77. The lowest BCUT2D eigenvalue weighted by atomic mass is 10.0. The number of nitrogens with zero attached hydrogens (tertiary/aromatic N) is 3. The molecule has 24 heavy (non-hydrogen) atoms. The zero-order valence-electron chi connectivity index (χ0n) is 14.5. The fourth-order valence-electron chi connectivity index (χ4n) is 2.45. The summed E-state index contributed by atoms with van der Waals surface area (Å²) in [5.41, 5.74) is 1.28. The van der Waals surface area contributed by atoms with E-state index >= 15 is 0 Å². The second-order valence-corrected chi connectivity index (χ2v) is 7.55. The second kappa shape index (κ2) is 6.97. The van der Waals surface area contributed by atoms with Crippen molar-refractivity contribution in [2.45, 2.75) is 50.8 Å². The number of aromatic nitrogens is 3. The van der Waals surface area contributed by atoms with Crippen LogP contribution in [0.2, 0.25) is 0 Å². The lowest BCUT2D eigenvalue weighted by Gasteiger charge is -2.15. The van der Waals surface area contributed by atoms with Crippen LogP contribution >= 0.6 is 11.8 Å². The molecule has 0 spiro atoms. The molecule has 3 rings (SSSR count). The van der Waals surface area contributed by atoms with E-state index in [2.05, 4.69) is 36.2 Å². The molecule has 1 aromatic carbocycles. The van der Waals surface area contributed by atoms with E-state index in [1.165, 1.54) is 17.3 Å². The van der Waals surface area contributed by atoms with Crippen molar-refractivity contribution in [1.82, 2.24) is 14.8 Å². The molecule has 1 aliphatic carbocycles. The van der Waals surface area contributed by atoms with Gasteiger partial charge < -0.3 is 9.30 Å². The number of carbonyl (C=O) groups excluding carboxylic acids is 1. The highest BCUT2D eigenvalue weighted by Gasteiger charge is 2.31. The minimum absolute atomic E-state index is 0.190. The van der Waals surface area contributed by atoms with Crippen molar-refractivity contribution in [2.75, 3.05) is 0 Å². The van der Waals surface area contributed by atoms with Crippen LogP contribution in [0.5, 0.6) is 5.75 Å². The molecular weight excluding hydrogens is 322 g/mol. The van der Waals surface area contributed by atoms with Crippen molar-refractivity contribution < 1.29 is 9.53 Å². The third-order valence-electron chi connectivity index (χ3n) is 4.19. The first kappa shape index (κ1) is 17.0. The average molecular weight is 345 g/mol. The van der Waals surface area contributed by atoms with Crippen LogP contribution in [0.3, 0.4) is 0 Å². The zero-order chi connectivity index (χ0) is 17.3. The Hall–Kier alpha value is -1.82. The standard InChI is InChI=1S/C18H23N3O2S/c1-11(2)13-7-9-15(10-8-13)23-12(3)16-19-20-18(21(16)4)24-17(22)14-5-6-14/h7-12,14H,5-6H2,1-4H3/t12-/m1/s1. The molecule has 2 aromatic rings. The van der Waals surface area contributed by atoms with Gasteiger partial charge in [-0.2, -0.15) is 0 Å². The predicted octanol–water partition coefficient (Wildman–Crippen LogP) is 4.11. The zero-order valence-corrected chi connectivity index (χ0v) is 15.3. The maximum absolute atomic E-state index is 11.9. The number of hydrogen-bond donors (Lipinski definition) is 0. The van der Waals surface area contributed by atoms with Gasteiger partial charge in [0.2, 0.25) is 0 Å². The summed E-state index contributed by atoms with van der Waals surface area (Å²) in [6, 6.07) is 8.13. The van der Waals surface area contributed by atoms with Gasteiger partial charge in [0.1, 0.15) is 5.75 Å². The highest BCUT2D eigenvalue weighted by molar-refractivity contribution is 8.13. The predicted molar refractivity (Wildman–Crippen MR) is 94.2 cm³/mol. The SMILES string of the molecule is CC(C)c1ccc(O[C@H](C)c2nnc(SC(=O)C3CC3)n2C)cc1. The summed E-state index contributed by atoms with van der Waals surface area (Å²) in [5.74, 6) is 2.23. The molecule has 0 bridgehead atoms. The molecule has 1 saturated carbocycles. The van der Waals surface area contributed by atoms with E-state index in [0.29, 0.717) is 16.9 Å². The van der Waals surface area contributed by atoms with Crippen molar-refractivity contribution in [2.24, 2.45) is 13.0 Å². The fraction of sp³-hybridized carbons (Fsp3) is 0.500. The number of ether oxygens (including phenoxy) is 1. The van der Waals surface area contributed by atoms with Crippen LogP contribution in [-0.2, 0) is 11.8 Å². The molecule has 0 radical (unpaired) electrons. The first-order chi connectivity index (χ1) is 11.5. The highest BCUT2D eigenvalue weighted by Crippen LogP contribution is 2.36. The molecule has 6 heteroatoms. The summed E-state index contributed by atoms with van der Waals surface area (Å²) < 4.78 is 7.82. The van der Waals surface area contributed by atoms with Gasteiger partial charge in [-0.1, -0.05) is 26.0 Å². The van der Waals surface area contributed by atoms with Gasteiger partial charge in [-0.15, -0.1) is 10.2 Å². The Kier molecular flexibility index (Phi) is 4.94. The molecule has 1 aliphatic rings. The largest absolute Gasteiger partial charge is 0.483 e. The van der Waals surface area contributed by atoms with E-state index in [9.17, 15) is 4.79 Å². The first-order valence-corrected chi connectivity index (χ1v) is 9.15. The smallest absolute Gasteiger partial charge is 0.199 e. The highest BCUT2D eigenvalue weighted by atomic mass is 32.2. The van der Waals surface area contributed by atoms with E-state index in [0.717, 1.165) is 18.6 Å². The van der Waals surface area contributed by atoms with Gasteiger partial charge >= 0.3 is 0 Å². The molecule has 1 fully saturated rings. The molecule has 0 unspecified atom stereocenters. The third kappa shape index (κ3) is 3.80. The Morgan fingerprint density at radius 2 is 1.88 bits per heavy atom. The number of benzene rings is 1. The summed E-state index contributed by atoms with van der Waals surface area (Å²) in [4.78, 5) is 11.9. The molecule has 1 aromatic heterocycles. The molecule has 1 atom stereocenters. The van der Waals surface area contributed by atoms with Gasteiger partial charge in [0.25, 0.3) is 0 Å². The fourth-order valence-corrected chi connectivity index (χ4v) is 3.34. The maximum atomic E-state index is 11.9. The molecular formula is C18H23N3O2S. The topological polar surface area (TPSA) is 57.0 Å². The van der Waals surface area contributed by atoms with E-state index in [4.69, 9.17) is 4.74 Å². The van der Waals surface area contributed by atoms with E-state index in [1.54, 1.807) is 0 Å². The molecule has 0 aliphatic heterocycles. The van der Waals surface area contributed by atoms with Crippen molar-refractivity contribution >= 4 is 16.9 Å². The van der Waals surface area contributed by atoms with Crippen LogP contribution < -0.4 is 4.74 Å². The number of carbonyl (C=O) groups is 1. The van der Waals surface area contributed by atoms with Crippen LogP contribution in [0.15, 0.2) is 29.4 Å². The third-order valence-corrected chi connectivity index (χ3v) is 5.27. The van der Waals surface area contributed by atoms with E-state index in [1.807, 2.05) is 30.7 Å². The Morgan fingerprint density at radius 1 is 1.21 bits per heavy atom. The number of hydrogen-bond acceptors (Lipinski definition) is 5. The van der Waals surface area contributed by atoms with Crippen molar-refractivity contribution in [3.8, 4) is 5.75 Å². The quantitative estimate of drug-likeness (QED) is 0.738. The normalized spacial score (nSPS) is 15.5. The molecule has 0 N–H and O–H groups in total. The summed E-state index contributed by atoms with van der Waals surface area (Å²) in [6.45, 7) is 6.28. The van der Waals surface area contributed by atoms with E-state index < -0.39 is 0 Å². The monoisotopic (exact) mass is 345 g/mol. The van der Waals surface area contributed by atoms with Gasteiger partial charge in [0.15, 0.2) is 22.2 Å². The summed E-state index contributed by atoms with van der Waals surface area (Å²) in [5, 5.41) is 9.17. The molecule has 1 heterocycles. The second-order valence-electron chi connectivity index (χ2n) is 6.58. The van der Waals surface area contributed by atoms with Gasteiger partial charge in [-0.25, -0.2) is 0 Å². The van der Waals surface area contributed by atoms with Crippen LogP contribution in [0.1, 0.15) is 57.0 Å². The maximum Gasteiger partial charge on any atom is 0.199 e. The van der Waals surface area contributed by atoms with Crippen LogP contribution in [-0.4, -0.2) is 19.9 Å². The van der Waals surface area contributed by atoms with Gasteiger partial charge in [0, 0.05) is 13.0 Å². The van der Waals surface area contributed by atoms with Crippen LogP contribution in [0.4, 0.5) is 0 Å². The van der Waals surface area contributed by atoms with Gasteiger partial charge in [-0.05, 0) is 55.1 Å². The Bertz CT molecular complexity index is 720. The first-order valence-electron chi connectivity index (χ1n) is 8.33. The number of thioether (sulfide) groups is 1. The van der Waals surface area contributed by atoms with E-state index in [-0.39, 0.29) is 17.1 Å². The van der Waals surface area contributed by atoms with Crippen LogP contribution in [0, 0.1) is 5.92 Å². The molecule has 5 nitrogen and oxygen atoms in total. The van der Waals surface area contributed by atoms with Crippen LogP contribution in [0.25, 0.3) is 0 Å². The molecule has 0 saturated heterocycles. The van der Waals surface area contributed by atoms with Gasteiger partial charge in [-0.3, -0.25) is 4.79 Å². The van der Waals surface area contributed by atoms with Crippen molar-refractivity contribution in [3.05, 3.63) is 35.7 Å². The Morgan fingerprint density at radius 3 is 2.46 bits per heavy atom. The summed E-state index contributed by atoms with van der Waals surface area (Å²) in [7, 11) is 1.87. The van der Waals surface area contributed by atoms with Gasteiger partial charge in [0.05, 0.1) is 0 Å². The minimum Gasteiger partial charge on any atom is -0.483 e. The number of rotatable bonds is 6. The molecule has 0 amide bonds.